The first-order chi connectivity index (χ1) is 11.3. The first-order valence-electron chi connectivity index (χ1n) is 7.88. The summed E-state index contributed by atoms with van der Waals surface area (Å²) in [4.78, 5) is 22.5. The zero-order chi connectivity index (χ0) is 15.8. The van der Waals surface area contributed by atoms with Crippen LogP contribution in [0, 0.1) is 11.3 Å². The van der Waals surface area contributed by atoms with Gasteiger partial charge in [-0.2, -0.15) is 5.26 Å². The van der Waals surface area contributed by atoms with E-state index in [1.165, 1.54) is 6.42 Å². The molecular weight excluding hydrogens is 288 g/mol. The van der Waals surface area contributed by atoms with Crippen molar-refractivity contribution in [3.8, 4) is 6.07 Å². The quantitative estimate of drug-likeness (QED) is 0.702. The first kappa shape index (κ1) is 13.8. The highest BCUT2D eigenvalue weighted by molar-refractivity contribution is 5.96. The highest BCUT2D eigenvalue weighted by atomic mass is 16.1. The van der Waals surface area contributed by atoms with E-state index in [0.29, 0.717) is 27.7 Å². The molecule has 114 valence electrons. The summed E-state index contributed by atoms with van der Waals surface area (Å²) in [6.45, 7) is 1.82. The molecule has 0 saturated carbocycles. The van der Waals surface area contributed by atoms with Gasteiger partial charge in [-0.15, -0.1) is 0 Å². The number of aromatic amines is 1. The zero-order valence-corrected chi connectivity index (χ0v) is 12.7. The van der Waals surface area contributed by atoms with Crippen molar-refractivity contribution in [3.05, 3.63) is 46.2 Å². The second-order valence-electron chi connectivity index (χ2n) is 5.90. The van der Waals surface area contributed by atoms with Gasteiger partial charge in [0.25, 0.3) is 0 Å². The van der Waals surface area contributed by atoms with E-state index in [1.807, 2.05) is 18.2 Å². The predicted molar refractivity (Wildman–Crippen MR) is 90.6 cm³/mol. The van der Waals surface area contributed by atoms with Crippen LogP contribution >= 0.6 is 0 Å². The molecule has 3 aromatic rings. The number of nitrogens with zero attached hydrogens (tertiary/aromatic N) is 3. The molecule has 0 unspecified atom stereocenters. The van der Waals surface area contributed by atoms with E-state index >= 15 is 0 Å². The van der Waals surface area contributed by atoms with E-state index in [0.717, 1.165) is 31.4 Å². The molecule has 2 aromatic heterocycles. The molecule has 1 aliphatic heterocycles. The third-order valence-electron chi connectivity index (χ3n) is 4.50. The van der Waals surface area contributed by atoms with Crippen LogP contribution in [0.2, 0.25) is 0 Å². The van der Waals surface area contributed by atoms with Crippen LogP contribution < -0.4 is 10.3 Å². The van der Waals surface area contributed by atoms with Crippen LogP contribution in [0.5, 0.6) is 0 Å². The van der Waals surface area contributed by atoms with Crippen LogP contribution in [0.4, 0.5) is 5.82 Å². The van der Waals surface area contributed by atoms with Gasteiger partial charge in [-0.05, 0) is 31.4 Å². The Kier molecular flexibility index (Phi) is 3.23. The second kappa shape index (κ2) is 5.40. The maximum atomic E-state index is 12.7. The topological polar surface area (TPSA) is 72.8 Å². The molecule has 0 atom stereocenters. The summed E-state index contributed by atoms with van der Waals surface area (Å²) in [5.41, 5.74) is 1.72. The summed E-state index contributed by atoms with van der Waals surface area (Å²) in [6.07, 6.45) is 5.04. The van der Waals surface area contributed by atoms with Crippen molar-refractivity contribution in [2.75, 3.05) is 18.0 Å². The van der Waals surface area contributed by atoms with Gasteiger partial charge >= 0.3 is 0 Å². The standard InChI is InChI=1S/C18H16N4O/c19-10-13-16-14(11-20-18(13)22-8-4-1-5-9-22)17(23)12-6-2-3-7-15(12)21-16/h2-3,6-7,11H,1,4-5,8-9H2,(H,21,23). The molecule has 0 spiro atoms. The van der Waals surface area contributed by atoms with Gasteiger partial charge in [-0.25, -0.2) is 4.98 Å². The normalized spacial score (nSPS) is 15.0. The molecule has 0 aliphatic carbocycles. The Morgan fingerprint density at radius 1 is 1.13 bits per heavy atom. The lowest BCUT2D eigenvalue weighted by Crippen LogP contribution is -2.31. The molecule has 1 saturated heterocycles. The Hall–Kier alpha value is -2.87. The largest absolute Gasteiger partial charge is 0.355 e. The van der Waals surface area contributed by atoms with Gasteiger partial charge in [0.1, 0.15) is 17.5 Å². The van der Waals surface area contributed by atoms with E-state index in [2.05, 4.69) is 20.9 Å². The number of fused-ring (bicyclic) bond motifs is 2. The average molecular weight is 304 g/mol. The van der Waals surface area contributed by atoms with E-state index in [9.17, 15) is 10.1 Å². The van der Waals surface area contributed by atoms with Crippen molar-refractivity contribution in [2.45, 2.75) is 19.3 Å². The van der Waals surface area contributed by atoms with Crippen molar-refractivity contribution in [3.63, 3.8) is 0 Å². The summed E-state index contributed by atoms with van der Waals surface area (Å²) in [7, 11) is 0. The van der Waals surface area contributed by atoms with Crippen LogP contribution in [-0.2, 0) is 0 Å². The van der Waals surface area contributed by atoms with E-state index in [1.54, 1.807) is 12.3 Å². The highest BCUT2D eigenvalue weighted by Gasteiger charge is 2.19. The van der Waals surface area contributed by atoms with Crippen LogP contribution in [0.15, 0.2) is 35.3 Å². The fourth-order valence-corrected chi connectivity index (χ4v) is 3.32. The lowest BCUT2D eigenvalue weighted by Gasteiger charge is -2.28. The minimum absolute atomic E-state index is 0.0801. The predicted octanol–water partition coefficient (Wildman–Crippen LogP) is 2.94. The second-order valence-corrected chi connectivity index (χ2v) is 5.90. The lowest BCUT2D eigenvalue weighted by molar-refractivity contribution is 0.573. The summed E-state index contributed by atoms with van der Waals surface area (Å²) in [6, 6.07) is 9.62. The molecule has 5 nitrogen and oxygen atoms in total. The Labute approximate surface area is 133 Å². The maximum Gasteiger partial charge on any atom is 0.198 e. The number of anilines is 1. The lowest BCUT2D eigenvalue weighted by atomic mass is 10.1. The van der Waals surface area contributed by atoms with Crippen molar-refractivity contribution < 1.29 is 0 Å². The van der Waals surface area contributed by atoms with Crippen LogP contribution in [0.1, 0.15) is 24.8 Å². The Bertz CT molecular complexity index is 993. The molecular formula is C18H16N4O. The number of nitrogens with one attached hydrogen (secondary N) is 1. The number of pyridine rings is 2. The number of hydrogen-bond acceptors (Lipinski definition) is 4. The van der Waals surface area contributed by atoms with Crippen LogP contribution in [-0.4, -0.2) is 23.1 Å². The molecule has 23 heavy (non-hydrogen) atoms. The molecule has 0 radical (unpaired) electrons. The SMILES string of the molecule is N#Cc1c(N2CCCCC2)ncc2c(=O)c3ccccc3[nH]c12. The monoisotopic (exact) mass is 304 g/mol. The van der Waals surface area contributed by atoms with E-state index in [-0.39, 0.29) is 5.43 Å². The van der Waals surface area contributed by atoms with Crippen LogP contribution in [0.25, 0.3) is 21.8 Å². The summed E-state index contributed by atoms with van der Waals surface area (Å²) >= 11 is 0. The molecule has 1 aliphatic rings. The minimum Gasteiger partial charge on any atom is -0.355 e. The average Bonchev–Trinajstić information content (AvgIpc) is 2.62. The molecule has 1 N–H and O–H groups in total. The van der Waals surface area contributed by atoms with E-state index in [4.69, 9.17) is 0 Å². The molecule has 3 heterocycles. The molecule has 5 heteroatoms. The summed E-state index contributed by atoms with van der Waals surface area (Å²) in [5.74, 6) is 0.686. The number of rotatable bonds is 1. The molecule has 4 rings (SSSR count). The molecule has 1 fully saturated rings. The maximum absolute atomic E-state index is 12.7. The third kappa shape index (κ3) is 2.15. The first-order valence-corrected chi connectivity index (χ1v) is 7.88. The van der Waals surface area contributed by atoms with Crippen molar-refractivity contribution in [1.29, 1.82) is 5.26 Å². The summed E-state index contributed by atoms with van der Waals surface area (Å²) in [5, 5.41) is 10.8. The van der Waals surface area contributed by atoms with Gasteiger partial charge in [0.15, 0.2) is 5.43 Å². The van der Waals surface area contributed by atoms with Gasteiger partial charge in [0.2, 0.25) is 0 Å². The van der Waals surface area contributed by atoms with Crippen molar-refractivity contribution in [1.82, 2.24) is 9.97 Å². The zero-order valence-electron chi connectivity index (χ0n) is 12.7. The fraction of sp³-hybridized carbons (Fsp3) is 0.278. The summed E-state index contributed by atoms with van der Waals surface area (Å²) < 4.78 is 0. The molecule has 0 bridgehead atoms. The number of piperidine rings is 1. The minimum atomic E-state index is -0.0801. The molecule has 0 amide bonds. The van der Waals surface area contributed by atoms with Crippen LogP contribution in [0.3, 0.4) is 0 Å². The van der Waals surface area contributed by atoms with Gasteiger partial charge < -0.3 is 9.88 Å². The number of nitriles is 1. The smallest absolute Gasteiger partial charge is 0.198 e. The number of para-hydroxylation sites is 1. The number of aromatic nitrogens is 2. The van der Waals surface area contributed by atoms with Gasteiger partial charge in [0, 0.05) is 30.2 Å². The van der Waals surface area contributed by atoms with Crippen molar-refractivity contribution in [2.24, 2.45) is 0 Å². The number of hydrogen-bond donors (Lipinski definition) is 1. The fourth-order valence-electron chi connectivity index (χ4n) is 3.32. The molecule has 1 aromatic carbocycles. The third-order valence-corrected chi connectivity index (χ3v) is 4.50. The Balaban J connectivity index is 2.03. The van der Waals surface area contributed by atoms with Gasteiger partial charge in [0.05, 0.1) is 10.9 Å². The van der Waals surface area contributed by atoms with Crippen molar-refractivity contribution >= 4 is 27.6 Å². The van der Waals surface area contributed by atoms with Gasteiger partial charge in [-0.3, -0.25) is 4.79 Å². The number of benzene rings is 1. The van der Waals surface area contributed by atoms with Gasteiger partial charge in [-0.1, -0.05) is 12.1 Å². The highest BCUT2D eigenvalue weighted by Crippen LogP contribution is 2.26. The number of H-pyrrole nitrogens is 1. The Morgan fingerprint density at radius 2 is 1.91 bits per heavy atom. The Morgan fingerprint density at radius 3 is 2.70 bits per heavy atom. The van der Waals surface area contributed by atoms with E-state index < -0.39 is 0 Å².